The topological polar surface area (TPSA) is 62.5 Å². The van der Waals surface area contributed by atoms with Gasteiger partial charge in [0.25, 0.3) is 0 Å². The minimum absolute atomic E-state index is 0. The molecule has 17 heavy (non-hydrogen) atoms. The molecule has 0 aliphatic heterocycles. The summed E-state index contributed by atoms with van der Waals surface area (Å²) in [5, 5.41) is 18.9. The lowest BCUT2D eigenvalue weighted by Gasteiger charge is -2.22. The van der Waals surface area contributed by atoms with Gasteiger partial charge in [-0.15, -0.1) is 12.4 Å². The highest BCUT2D eigenvalue weighted by atomic mass is 35.5. The summed E-state index contributed by atoms with van der Waals surface area (Å²) in [6.07, 6.45) is 2.43. The highest BCUT2D eigenvalue weighted by Crippen LogP contribution is 2.21. The van der Waals surface area contributed by atoms with Crippen molar-refractivity contribution in [2.24, 2.45) is 5.92 Å². The summed E-state index contributed by atoms with van der Waals surface area (Å²) in [4.78, 5) is 11.2. The fourth-order valence-electron chi connectivity index (χ4n) is 1.86. The lowest BCUT2D eigenvalue weighted by Crippen LogP contribution is -2.20. The summed E-state index contributed by atoms with van der Waals surface area (Å²) in [6.45, 7) is 5.82. The standard InChI is InChI=1S/C12H19NO3.ClH/c1-8(2)6-10(7-14)13-5-4-11(15)12(16)9(13)3;/h4-5,8,10,14,16H,6-7H2,1-3H3;1H/t10-;/m0./s1. The first-order valence-electron chi connectivity index (χ1n) is 5.49. The first-order valence-corrected chi connectivity index (χ1v) is 5.49. The van der Waals surface area contributed by atoms with Crippen LogP contribution in [0.5, 0.6) is 5.75 Å². The fourth-order valence-corrected chi connectivity index (χ4v) is 1.86. The molecule has 1 heterocycles. The van der Waals surface area contributed by atoms with Crippen molar-refractivity contribution in [3.63, 3.8) is 0 Å². The number of hydrogen-bond acceptors (Lipinski definition) is 3. The molecule has 0 amide bonds. The highest BCUT2D eigenvalue weighted by molar-refractivity contribution is 5.85. The molecule has 0 aliphatic rings. The van der Waals surface area contributed by atoms with Crippen molar-refractivity contribution in [2.45, 2.75) is 33.2 Å². The number of aliphatic hydroxyl groups excluding tert-OH is 1. The van der Waals surface area contributed by atoms with Crippen LogP contribution in [-0.2, 0) is 0 Å². The lowest BCUT2D eigenvalue weighted by atomic mass is 10.0. The molecule has 0 aliphatic carbocycles. The van der Waals surface area contributed by atoms with E-state index in [1.165, 1.54) is 6.07 Å². The largest absolute Gasteiger partial charge is 0.503 e. The third-order valence-corrected chi connectivity index (χ3v) is 2.70. The van der Waals surface area contributed by atoms with Crippen molar-refractivity contribution in [3.05, 3.63) is 28.2 Å². The van der Waals surface area contributed by atoms with Crippen molar-refractivity contribution in [3.8, 4) is 5.75 Å². The SMILES string of the molecule is Cc1c(O)c(=O)ccn1[C@H](CO)CC(C)C.Cl. The van der Waals surface area contributed by atoms with Crippen LogP contribution < -0.4 is 5.43 Å². The normalized spacial score (nSPS) is 12.3. The van der Waals surface area contributed by atoms with Crippen molar-refractivity contribution in [2.75, 3.05) is 6.61 Å². The maximum Gasteiger partial charge on any atom is 0.223 e. The molecular weight excluding hydrogens is 242 g/mol. The summed E-state index contributed by atoms with van der Waals surface area (Å²) in [5.41, 5.74) is 0.127. The first kappa shape index (κ1) is 16.0. The monoisotopic (exact) mass is 261 g/mol. The Morgan fingerprint density at radius 2 is 2.00 bits per heavy atom. The first-order chi connectivity index (χ1) is 7.47. The van der Waals surface area contributed by atoms with Gasteiger partial charge < -0.3 is 14.8 Å². The molecule has 0 aromatic carbocycles. The summed E-state index contributed by atoms with van der Waals surface area (Å²) >= 11 is 0. The van der Waals surface area contributed by atoms with Crippen LogP contribution in [0.2, 0.25) is 0 Å². The number of aliphatic hydroxyl groups is 1. The molecule has 0 saturated carbocycles. The maximum absolute atomic E-state index is 11.2. The molecule has 2 N–H and O–H groups in total. The second-order valence-electron chi connectivity index (χ2n) is 4.49. The van der Waals surface area contributed by atoms with Crippen LogP contribution in [0, 0.1) is 12.8 Å². The third kappa shape index (κ3) is 3.75. The number of halogens is 1. The van der Waals surface area contributed by atoms with Gasteiger partial charge in [-0.25, -0.2) is 0 Å². The van der Waals surface area contributed by atoms with E-state index >= 15 is 0 Å². The van der Waals surface area contributed by atoms with E-state index in [1.54, 1.807) is 17.7 Å². The summed E-state index contributed by atoms with van der Waals surface area (Å²) in [5.74, 6) is 0.211. The molecule has 1 atom stereocenters. The molecule has 98 valence electrons. The quantitative estimate of drug-likeness (QED) is 0.870. The van der Waals surface area contributed by atoms with E-state index in [1.807, 2.05) is 0 Å². The van der Waals surface area contributed by atoms with Crippen LogP contribution in [0.1, 0.15) is 32.0 Å². The summed E-state index contributed by atoms with van der Waals surface area (Å²) < 4.78 is 1.76. The number of aromatic hydroxyl groups is 1. The highest BCUT2D eigenvalue weighted by Gasteiger charge is 2.15. The predicted molar refractivity (Wildman–Crippen MR) is 69.9 cm³/mol. The number of pyridine rings is 1. The Morgan fingerprint density at radius 1 is 1.41 bits per heavy atom. The van der Waals surface area contributed by atoms with Gasteiger partial charge >= 0.3 is 0 Å². The van der Waals surface area contributed by atoms with Crippen molar-refractivity contribution >= 4 is 12.4 Å². The molecule has 0 unspecified atom stereocenters. The Bertz CT molecular complexity index is 415. The van der Waals surface area contributed by atoms with E-state index < -0.39 is 0 Å². The van der Waals surface area contributed by atoms with E-state index in [4.69, 9.17) is 0 Å². The number of nitrogens with zero attached hydrogens (tertiary/aromatic N) is 1. The van der Waals surface area contributed by atoms with Gasteiger partial charge in [-0.2, -0.15) is 0 Å². The van der Waals surface area contributed by atoms with Crippen LogP contribution in [0.15, 0.2) is 17.1 Å². The van der Waals surface area contributed by atoms with Gasteiger partial charge in [-0.1, -0.05) is 13.8 Å². The molecule has 0 bridgehead atoms. The van der Waals surface area contributed by atoms with Crippen molar-refractivity contribution in [1.82, 2.24) is 4.57 Å². The van der Waals surface area contributed by atoms with Gasteiger partial charge in [0.1, 0.15) is 0 Å². The molecule has 1 rings (SSSR count). The third-order valence-electron chi connectivity index (χ3n) is 2.70. The minimum atomic E-state index is -0.380. The van der Waals surface area contributed by atoms with Gasteiger partial charge in [0.15, 0.2) is 5.75 Å². The van der Waals surface area contributed by atoms with Gasteiger partial charge in [0.2, 0.25) is 5.43 Å². The lowest BCUT2D eigenvalue weighted by molar-refractivity contribution is 0.205. The average Bonchev–Trinajstić information content (AvgIpc) is 2.23. The molecular formula is C12H20ClNO3. The molecule has 0 fully saturated rings. The molecule has 0 radical (unpaired) electrons. The van der Waals surface area contributed by atoms with E-state index in [0.29, 0.717) is 11.6 Å². The molecule has 1 aromatic rings. The molecule has 5 heteroatoms. The second kappa shape index (κ2) is 6.67. The van der Waals surface area contributed by atoms with Gasteiger partial charge in [-0.3, -0.25) is 4.79 Å². The van der Waals surface area contributed by atoms with Gasteiger partial charge in [0.05, 0.1) is 18.3 Å². The zero-order valence-corrected chi connectivity index (χ0v) is 11.2. The number of rotatable bonds is 4. The van der Waals surface area contributed by atoms with Crippen LogP contribution in [-0.4, -0.2) is 21.4 Å². The second-order valence-corrected chi connectivity index (χ2v) is 4.49. The Balaban J connectivity index is 0.00000256. The Morgan fingerprint density at radius 3 is 2.47 bits per heavy atom. The smallest absolute Gasteiger partial charge is 0.223 e. The molecule has 1 aromatic heterocycles. The molecule has 0 saturated heterocycles. The van der Waals surface area contributed by atoms with Crippen LogP contribution in [0.25, 0.3) is 0 Å². The van der Waals surface area contributed by atoms with Crippen molar-refractivity contribution in [1.29, 1.82) is 0 Å². The zero-order chi connectivity index (χ0) is 12.3. The Labute approximate surface area is 107 Å². The van der Waals surface area contributed by atoms with E-state index in [9.17, 15) is 15.0 Å². The maximum atomic E-state index is 11.2. The van der Waals surface area contributed by atoms with Crippen LogP contribution in [0.3, 0.4) is 0 Å². The van der Waals surface area contributed by atoms with Crippen molar-refractivity contribution < 1.29 is 10.2 Å². The fraction of sp³-hybridized carbons (Fsp3) is 0.583. The van der Waals surface area contributed by atoms with E-state index in [0.717, 1.165) is 6.42 Å². The summed E-state index contributed by atoms with van der Waals surface area (Å²) in [7, 11) is 0. The Hall–Kier alpha value is -1.00. The summed E-state index contributed by atoms with van der Waals surface area (Å²) in [6, 6.07) is 1.23. The van der Waals surface area contributed by atoms with Gasteiger partial charge in [0, 0.05) is 12.3 Å². The van der Waals surface area contributed by atoms with Crippen LogP contribution in [0.4, 0.5) is 0 Å². The Kier molecular flexibility index (Phi) is 6.27. The minimum Gasteiger partial charge on any atom is -0.503 e. The number of aromatic nitrogens is 1. The number of hydrogen-bond donors (Lipinski definition) is 2. The molecule has 0 spiro atoms. The van der Waals surface area contributed by atoms with Crippen LogP contribution >= 0.6 is 12.4 Å². The molecule has 4 nitrogen and oxygen atoms in total. The van der Waals surface area contributed by atoms with E-state index in [2.05, 4.69) is 13.8 Å². The zero-order valence-electron chi connectivity index (χ0n) is 10.4. The van der Waals surface area contributed by atoms with E-state index in [-0.39, 0.29) is 36.2 Å². The van der Waals surface area contributed by atoms with Gasteiger partial charge in [-0.05, 0) is 19.3 Å². The predicted octanol–water partition coefficient (Wildman–Crippen LogP) is 1.86. The average molecular weight is 262 g/mol.